The molecule has 0 spiro atoms. The maximum Gasteiger partial charge on any atom is 0.340 e. The largest absolute Gasteiger partial charge is 0.462 e. The van der Waals surface area contributed by atoms with E-state index in [9.17, 15) is 4.79 Å². The standard InChI is InChI=1S/C14H19N3O2S/c1-5-15-14-17-10(7-20-14)12-8(3)11(9(4)16-12)13(18)19-6-2/h7,16H,5-6H2,1-4H3,(H,15,17). The van der Waals surface area contributed by atoms with Crippen molar-refractivity contribution in [3.05, 3.63) is 22.2 Å². The zero-order chi connectivity index (χ0) is 14.7. The number of H-pyrrole nitrogens is 1. The van der Waals surface area contributed by atoms with Gasteiger partial charge in [0.25, 0.3) is 0 Å². The van der Waals surface area contributed by atoms with E-state index in [4.69, 9.17) is 4.74 Å². The van der Waals surface area contributed by atoms with E-state index in [1.165, 1.54) is 0 Å². The SMILES string of the molecule is CCNc1nc(-c2[nH]c(C)c(C(=O)OCC)c2C)cs1. The summed E-state index contributed by atoms with van der Waals surface area (Å²) in [5, 5.41) is 6.04. The molecule has 2 heterocycles. The number of esters is 1. The average Bonchev–Trinajstić information content (AvgIpc) is 2.95. The van der Waals surface area contributed by atoms with Gasteiger partial charge in [0.15, 0.2) is 5.13 Å². The Morgan fingerprint density at radius 1 is 1.45 bits per heavy atom. The molecule has 0 bridgehead atoms. The summed E-state index contributed by atoms with van der Waals surface area (Å²) in [4.78, 5) is 19.7. The van der Waals surface area contributed by atoms with Crippen molar-refractivity contribution in [2.24, 2.45) is 0 Å². The molecule has 6 heteroatoms. The molecule has 2 rings (SSSR count). The quantitative estimate of drug-likeness (QED) is 0.829. The van der Waals surface area contributed by atoms with Crippen LogP contribution in [-0.4, -0.2) is 29.1 Å². The number of ether oxygens (including phenoxy) is 1. The van der Waals surface area contributed by atoms with Crippen LogP contribution in [0.4, 0.5) is 5.13 Å². The van der Waals surface area contributed by atoms with Crippen LogP contribution in [0.2, 0.25) is 0 Å². The molecule has 5 nitrogen and oxygen atoms in total. The zero-order valence-corrected chi connectivity index (χ0v) is 13.0. The first-order chi connectivity index (χ1) is 9.58. The number of anilines is 1. The summed E-state index contributed by atoms with van der Waals surface area (Å²) in [6, 6.07) is 0. The van der Waals surface area contributed by atoms with E-state index in [1.54, 1.807) is 18.3 Å². The van der Waals surface area contributed by atoms with Gasteiger partial charge in [-0.3, -0.25) is 0 Å². The molecule has 2 N–H and O–H groups in total. The second-order valence-electron chi connectivity index (χ2n) is 4.41. The minimum atomic E-state index is -0.285. The summed E-state index contributed by atoms with van der Waals surface area (Å²) in [6.07, 6.45) is 0. The predicted octanol–water partition coefficient (Wildman–Crippen LogP) is 3.36. The van der Waals surface area contributed by atoms with Crippen LogP contribution in [0.15, 0.2) is 5.38 Å². The van der Waals surface area contributed by atoms with Crippen LogP contribution in [0.25, 0.3) is 11.4 Å². The third-order valence-corrected chi connectivity index (χ3v) is 3.81. The number of thiazole rings is 1. The Labute approximate surface area is 122 Å². The Balaban J connectivity index is 2.37. The zero-order valence-electron chi connectivity index (χ0n) is 12.2. The molecule has 0 atom stereocenters. The Morgan fingerprint density at radius 2 is 2.20 bits per heavy atom. The van der Waals surface area contributed by atoms with Crippen molar-refractivity contribution in [2.45, 2.75) is 27.7 Å². The van der Waals surface area contributed by atoms with E-state index < -0.39 is 0 Å². The van der Waals surface area contributed by atoms with Gasteiger partial charge in [0.2, 0.25) is 0 Å². The van der Waals surface area contributed by atoms with Crippen molar-refractivity contribution >= 4 is 22.4 Å². The van der Waals surface area contributed by atoms with Crippen molar-refractivity contribution in [1.29, 1.82) is 0 Å². The highest BCUT2D eigenvalue weighted by Gasteiger charge is 2.21. The lowest BCUT2D eigenvalue weighted by Gasteiger charge is -2.02. The minimum Gasteiger partial charge on any atom is -0.462 e. The van der Waals surface area contributed by atoms with E-state index in [0.29, 0.717) is 12.2 Å². The summed E-state index contributed by atoms with van der Waals surface area (Å²) in [5.74, 6) is -0.285. The molecule has 2 aromatic rings. The van der Waals surface area contributed by atoms with Crippen LogP contribution in [0.5, 0.6) is 0 Å². The average molecular weight is 293 g/mol. The molecule has 0 radical (unpaired) electrons. The molecule has 0 aliphatic carbocycles. The summed E-state index contributed by atoms with van der Waals surface area (Å²) in [7, 11) is 0. The summed E-state index contributed by atoms with van der Waals surface area (Å²) >= 11 is 1.55. The normalized spacial score (nSPS) is 10.6. The first-order valence-corrected chi connectivity index (χ1v) is 7.52. The lowest BCUT2D eigenvalue weighted by Crippen LogP contribution is -2.06. The number of aromatic amines is 1. The number of nitrogens with one attached hydrogen (secondary N) is 2. The molecule has 2 aromatic heterocycles. The lowest BCUT2D eigenvalue weighted by molar-refractivity contribution is 0.0525. The van der Waals surface area contributed by atoms with Gasteiger partial charge in [-0.25, -0.2) is 9.78 Å². The highest BCUT2D eigenvalue weighted by atomic mass is 32.1. The number of aromatic nitrogens is 2. The molecule has 20 heavy (non-hydrogen) atoms. The maximum atomic E-state index is 12.0. The summed E-state index contributed by atoms with van der Waals surface area (Å²) in [6.45, 7) is 8.84. The molecule has 0 aromatic carbocycles. The van der Waals surface area contributed by atoms with Crippen molar-refractivity contribution in [3.63, 3.8) is 0 Å². The summed E-state index contributed by atoms with van der Waals surface area (Å²) in [5.41, 5.74) is 4.04. The van der Waals surface area contributed by atoms with Crippen molar-refractivity contribution in [1.82, 2.24) is 9.97 Å². The van der Waals surface area contributed by atoms with E-state index in [1.807, 2.05) is 26.2 Å². The van der Waals surface area contributed by atoms with Crippen LogP contribution in [0, 0.1) is 13.8 Å². The molecule has 108 valence electrons. The first-order valence-electron chi connectivity index (χ1n) is 6.64. The summed E-state index contributed by atoms with van der Waals surface area (Å²) < 4.78 is 5.09. The third-order valence-electron chi connectivity index (χ3n) is 3.01. The molecular weight excluding hydrogens is 274 g/mol. The van der Waals surface area contributed by atoms with Crippen LogP contribution < -0.4 is 5.32 Å². The molecular formula is C14H19N3O2S. The Kier molecular flexibility index (Phi) is 4.44. The Bertz CT molecular complexity index is 616. The maximum absolute atomic E-state index is 12.0. The fraction of sp³-hybridized carbons (Fsp3) is 0.429. The van der Waals surface area contributed by atoms with E-state index in [0.717, 1.165) is 34.3 Å². The Hall–Kier alpha value is -1.82. The van der Waals surface area contributed by atoms with Crippen LogP contribution in [0.1, 0.15) is 35.5 Å². The molecule has 0 aliphatic heterocycles. The fourth-order valence-corrected chi connectivity index (χ4v) is 2.91. The number of nitrogens with zero attached hydrogens (tertiary/aromatic N) is 1. The van der Waals surface area contributed by atoms with Gasteiger partial charge >= 0.3 is 5.97 Å². The van der Waals surface area contributed by atoms with Crippen molar-refractivity contribution in [2.75, 3.05) is 18.5 Å². The Morgan fingerprint density at radius 3 is 2.85 bits per heavy atom. The third kappa shape index (κ3) is 2.70. The highest BCUT2D eigenvalue weighted by molar-refractivity contribution is 7.14. The molecule has 0 amide bonds. The van der Waals surface area contributed by atoms with Crippen molar-refractivity contribution in [3.8, 4) is 11.4 Å². The van der Waals surface area contributed by atoms with Crippen LogP contribution in [-0.2, 0) is 4.74 Å². The molecule has 0 unspecified atom stereocenters. The van der Waals surface area contributed by atoms with Gasteiger partial charge in [-0.05, 0) is 33.3 Å². The van der Waals surface area contributed by atoms with Gasteiger partial charge in [0.05, 0.1) is 17.9 Å². The number of rotatable bonds is 5. The second kappa shape index (κ2) is 6.09. The molecule has 0 fully saturated rings. The number of carbonyl (C=O) groups excluding carboxylic acids is 1. The van der Waals surface area contributed by atoms with Gasteiger partial charge in [-0.15, -0.1) is 11.3 Å². The van der Waals surface area contributed by atoms with Crippen molar-refractivity contribution < 1.29 is 9.53 Å². The number of hydrogen-bond donors (Lipinski definition) is 2. The topological polar surface area (TPSA) is 67.0 Å². The lowest BCUT2D eigenvalue weighted by atomic mass is 10.1. The van der Waals surface area contributed by atoms with Gasteiger partial charge < -0.3 is 15.0 Å². The van der Waals surface area contributed by atoms with E-state index in [-0.39, 0.29) is 5.97 Å². The molecule has 0 saturated carbocycles. The predicted molar refractivity (Wildman–Crippen MR) is 81.5 cm³/mol. The minimum absolute atomic E-state index is 0.285. The smallest absolute Gasteiger partial charge is 0.340 e. The van der Waals surface area contributed by atoms with Gasteiger partial charge in [-0.1, -0.05) is 0 Å². The van der Waals surface area contributed by atoms with E-state index >= 15 is 0 Å². The van der Waals surface area contributed by atoms with Crippen LogP contribution >= 0.6 is 11.3 Å². The number of carbonyl (C=O) groups is 1. The molecule has 0 saturated heterocycles. The number of hydrogen-bond acceptors (Lipinski definition) is 5. The van der Waals surface area contributed by atoms with Gasteiger partial charge in [0, 0.05) is 17.6 Å². The molecule has 0 aliphatic rings. The van der Waals surface area contributed by atoms with Crippen LogP contribution in [0.3, 0.4) is 0 Å². The second-order valence-corrected chi connectivity index (χ2v) is 5.27. The van der Waals surface area contributed by atoms with Gasteiger partial charge in [-0.2, -0.15) is 0 Å². The highest BCUT2D eigenvalue weighted by Crippen LogP contribution is 2.30. The first kappa shape index (κ1) is 14.6. The van der Waals surface area contributed by atoms with E-state index in [2.05, 4.69) is 15.3 Å². The van der Waals surface area contributed by atoms with Gasteiger partial charge in [0.1, 0.15) is 5.69 Å². The number of aryl methyl sites for hydroxylation is 1. The monoisotopic (exact) mass is 293 g/mol. The fourth-order valence-electron chi connectivity index (χ4n) is 2.14.